The number of hydrogen-bond acceptors (Lipinski definition) is 5. The second kappa shape index (κ2) is 7.72. The molecule has 0 aliphatic heterocycles. The van der Waals surface area contributed by atoms with Crippen LogP contribution in [0.25, 0.3) is 0 Å². The predicted molar refractivity (Wildman–Crippen MR) is 85.0 cm³/mol. The van der Waals surface area contributed by atoms with Gasteiger partial charge in [-0.15, -0.1) is 0 Å². The van der Waals surface area contributed by atoms with E-state index in [0.717, 1.165) is 12.1 Å². The molecule has 31 heavy (non-hydrogen) atoms. The molecule has 2 aromatic carbocycles. The topological polar surface area (TPSA) is 95.5 Å². The summed E-state index contributed by atoms with van der Waals surface area (Å²) in [5.41, 5.74) is -7.42. The summed E-state index contributed by atoms with van der Waals surface area (Å²) in [6, 6.07) is 3.74. The van der Waals surface area contributed by atoms with Crippen LogP contribution in [0.15, 0.2) is 48.5 Å². The Morgan fingerprint density at radius 3 is 1.19 bits per heavy atom. The van der Waals surface area contributed by atoms with Crippen molar-refractivity contribution in [2.75, 3.05) is 0 Å². The van der Waals surface area contributed by atoms with Crippen molar-refractivity contribution < 1.29 is 49.7 Å². The maximum Gasteiger partial charge on any atom is 0.428 e. The first-order chi connectivity index (χ1) is 14.1. The number of nitro groups is 2. The first-order valence-corrected chi connectivity index (χ1v) is 7.75. The first-order valence-electron chi connectivity index (χ1n) is 7.75. The second-order valence-electron chi connectivity index (χ2n) is 5.83. The smallest absolute Gasteiger partial charge is 0.258 e. The Hall–Kier alpha value is -3.36. The molecule has 168 valence electrons. The average Bonchev–Trinajstić information content (AvgIpc) is 2.66. The van der Waals surface area contributed by atoms with Gasteiger partial charge in [0, 0.05) is 12.1 Å². The molecule has 0 fully saturated rings. The molecule has 2 rings (SSSR count). The van der Waals surface area contributed by atoms with Crippen LogP contribution < -0.4 is 0 Å². The van der Waals surface area contributed by atoms with Gasteiger partial charge >= 0.3 is 24.1 Å². The van der Waals surface area contributed by atoms with Gasteiger partial charge in [-0.3, -0.25) is 20.2 Å². The van der Waals surface area contributed by atoms with Crippen molar-refractivity contribution >= 4 is 11.4 Å². The third-order valence-corrected chi connectivity index (χ3v) is 3.87. The van der Waals surface area contributed by atoms with Crippen molar-refractivity contribution in [1.82, 2.24) is 0 Å². The normalized spacial score (nSPS) is 13.2. The Labute approximate surface area is 166 Å². The lowest BCUT2D eigenvalue weighted by Crippen LogP contribution is -2.51. The largest absolute Gasteiger partial charge is 0.428 e. The van der Waals surface area contributed by atoms with E-state index in [-0.39, 0.29) is 12.1 Å². The zero-order valence-corrected chi connectivity index (χ0v) is 14.6. The molecule has 0 aromatic heterocycles. The molecule has 0 N–H and O–H groups in total. The number of halogens is 8. The van der Waals surface area contributed by atoms with Crippen LogP contribution in [0.3, 0.4) is 0 Å². The summed E-state index contributed by atoms with van der Waals surface area (Å²) >= 11 is 0. The van der Waals surface area contributed by atoms with Crippen LogP contribution in [0.2, 0.25) is 0 Å². The summed E-state index contributed by atoms with van der Waals surface area (Å²) in [6.07, 6.45) is -12.8. The van der Waals surface area contributed by atoms with Crippen LogP contribution in [0.4, 0.5) is 46.5 Å². The van der Waals surface area contributed by atoms with Crippen molar-refractivity contribution in [3.8, 4) is 0 Å². The first kappa shape index (κ1) is 23.9. The van der Waals surface area contributed by atoms with Crippen LogP contribution in [-0.2, 0) is 16.6 Å². The Bertz CT molecular complexity index is 936. The summed E-state index contributed by atoms with van der Waals surface area (Å²) in [5, 5.41) is 21.6. The Morgan fingerprint density at radius 1 is 0.613 bits per heavy atom. The lowest BCUT2D eigenvalue weighted by Gasteiger charge is -2.32. The molecule has 0 bridgehead atoms. The molecule has 0 saturated carbocycles. The minimum atomic E-state index is -6.41. The number of nitro benzene ring substituents is 2. The predicted octanol–water partition coefficient (Wildman–Crippen LogP) is 5.59. The SMILES string of the molecule is O=[N+]([O-])c1ccccc1C(F)(F)C(F)(F)OC(F)(F)C(F)(F)c1ccccc1[N+](=O)[O-]. The molecule has 0 radical (unpaired) electrons. The highest BCUT2D eigenvalue weighted by Gasteiger charge is 2.71. The molecule has 0 aliphatic rings. The van der Waals surface area contributed by atoms with Gasteiger partial charge in [0.1, 0.15) is 11.1 Å². The fourth-order valence-electron chi connectivity index (χ4n) is 2.40. The van der Waals surface area contributed by atoms with E-state index in [1.54, 1.807) is 0 Å². The summed E-state index contributed by atoms with van der Waals surface area (Å²) < 4.78 is 115. The summed E-state index contributed by atoms with van der Waals surface area (Å²) in [5.74, 6) is -11.8. The van der Waals surface area contributed by atoms with Crippen molar-refractivity contribution in [3.63, 3.8) is 0 Å². The highest BCUT2D eigenvalue weighted by atomic mass is 19.3. The van der Waals surface area contributed by atoms with Crippen LogP contribution in [0.5, 0.6) is 0 Å². The average molecular weight is 460 g/mol. The van der Waals surface area contributed by atoms with Crippen molar-refractivity contribution in [3.05, 3.63) is 79.9 Å². The fraction of sp³-hybridized carbons (Fsp3) is 0.250. The van der Waals surface area contributed by atoms with E-state index in [1.165, 1.54) is 0 Å². The van der Waals surface area contributed by atoms with Gasteiger partial charge in [0.2, 0.25) is 0 Å². The van der Waals surface area contributed by atoms with Crippen molar-refractivity contribution in [1.29, 1.82) is 0 Å². The van der Waals surface area contributed by atoms with Gasteiger partial charge in [-0.25, -0.2) is 4.74 Å². The van der Waals surface area contributed by atoms with Crippen molar-refractivity contribution in [2.45, 2.75) is 24.1 Å². The van der Waals surface area contributed by atoms with E-state index >= 15 is 0 Å². The maximum absolute atomic E-state index is 14.2. The molecule has 15 heteroatoms. The maximum atomic E-state index is 14.2. The Kier molecular flexibility index (Phi) is 5.95. The van der Waals surface area contributed by atoms with Gasteiger partial charge < -0.3 is 0 Å². The third-order valence-electron chi connectivity index (χ3n) is 3.87. The lowest BCUT2D eigenvalue weighted by molar-refractivity contribution is -0.477. The molecule has 0 atom stereocenters. The molecule has 0 spiro atoms. The molecule has 0 saturated heterocycles. The summed E-state index contributed by atoms with van der Waals surface area (Å²) in [6.45, 7) is 0. The molecular formula is C16H8F8N2O5. The molecule has 0 amide bonds. The van der Waals surface area contributed by atoms with Gasteiger partial charge in [-0.2, -0.15) is 35.1 Å². The van der Waals surface area contributed by atoms with E-state index in [0.29, 0.717) is 24.3 Å². The number of nitrogens with zero attached hydrogens (tertiary/aromatic N) is 2. The zero-order chi connectivity index (χ0) is 23.8. The minimum absolute atomic E-state index is 0.0910. The minimum Gasteiger partial charge on any atom is -0.258 e. The van der Waals surface area contributed by atoms with Gasteiger partial charge in [0.25, 0.3) is 11.4 Å². The summed E-state index contributed by atoms with van der Waals surface area (Å²) in [4.78, 5) is 18.5. The number of para-hydroxylation sites is 2. The van der Waals surface area contributed by atoms with E-state index < -0.39 is 56.4 Å². The van der Waals surface area contributed by atoms with E-state index in [9.17, 15) is 55.4 Å². The van der Waals surface area contributed by atoms with Gasteiger partial charge in [0.15, 0.2) is 0 Å². The zero-order valence-electron chi connectivity index (χ0n) is 14.6. The molecule has 0 unspecified atom stereocenters. The highest BCUT2D eigenvalue weighted by molar-refractivity contribution is 5.44. The van der Waals surface area contributed by atoms with Gasteiger partial charge in [-0.1, -0.05) is 24.3 Å². The van der Waals surface area contributed by atoms with Crippen molar-refractivity contribution in [2.24, 2.45) is 0 Å². The van der Waals surface area contributed by atoms with Crippen LogP contribution in [-0.4, -0.2) is 22.1 Å². The number of ether oxygens (including phenoxy) is 1. The van der Waals surface area contributed by atoms with Gasteiger partial charge in [0.05, 0.1) is 9.85 Å². The van der Waals surface area contributed by atoms with E-state index in [1.807, 2.05) is 0 Å². The number of hydrogen-bond donors (Lipinski definition) is 0. The lowest BCUT2D eigenvalue weighted by atomic mass is 10.0. The van der Waals surface area contributed by atoms with E-state index in [2.05, 4.69) is 4.74 Å². The van der Waals surface area contributed by atoms with Crippen LogP contribution in [0, 0.1) is 20.2 Å². The molecular weight excluding hydrogens is 452 g/mol. The third kappa shape index (κ3) is 4.12. The highest BCUT2D eigenvalue weighted by Crippen LogP contribution is 2.54. The molecule has 0 heterocycles. The Balaban J connectivity index is 2.52. The monoisotopic (exact) mass is 460 g/mol. The number of alkyl halides is 8. The molecule has 7 nitrogen and oxygen atoms in total. The van der Waals surface area contributed by atoms with Crippen LogP contribution >= 0.6 is 0 Å². The fourth-order valence-corrected chi connectivity index (χ4v) is 2.40. The Morgan fingerprint density at radius 2 is 0.903 bits per heavy atom. The standard InChI is InChI=1S/C16H8F8N2O5/c17-13(18,9-5-1-3-7-11(9)25(27)28)15(21,22)31-16(23,24)14(19,20)10-6-2-4-8-12(10)26(29)30/h1-8H. The molecule has 0 aliphatic carbocycles. The summed E-state index contributed by atoms with van der Waals surface area (Å²) in [7, 11) is 0. The van der Waals surface area contributed by atoms with Gasteiger partial charge in [-0.05, 0) is 12.1 Å². The van der Waals surface area contributed by atoms with E-state index in [4.69, 9.17) is 0 Å². The number of benzene rings is 2. The molecule has 2 aromatic rings. The van der Waals surface area contributed by atoms with Crippen LogP contribution in [0.1, 0.15) is 11.1 Å². The second-order valence-corrected chi connectivity index (χ2v) is 5.83. The quantitative estimate of drug-likeness (QED) is 0.291. The number of rotatable bonds is 8.